The molecule has 17 heavy (non-hydrogen) atoms. The molecule has 0 spiro atoms. The topological polar surface area (TPSA) is 18.5 Å². The first-order valence-electron chi connectivity index (χ1n) is 6.12. The van der Waals surface area contributed by atoms with Gasteiger partial charge in [-0.1, -0.05) is 12.1 Å². The highest BCUT2D eigenvalue weighted by Gasteiger charge is 2.30. The van der Waals surface area contributed by atoms with E-state index in [1.165, 1.54) is 6.07 Å². The maximum atomic E-state index is 13.0. The van der Waals surface area contributed by atoms with E-state index in [1.54, 1.807) is 12.1 Å². The highest BCUT2D eigenvalue weighted by Crippen LogP contribution is 2.17. The van der Waals surface area contributed by atoms with Crippen LogP contribution in [-0.4, -0.2) is 21.8 Å². The van der Waals surface area contributed by atoms with E-state index in [2.05, 4.69) is 6.55 Å². The van der Waals surface area contributed by atoms with E-state index >= 15 is 0 Å². The van der Waals surface area contributed by atoms with Crippen LogP contribution in [0.15, 0.2) is 24.3 Å². The predicted molar refractivity (Wildman–Crippen MR) is 69.8 cm³/mol. The van der Waals surface area contributed by atoms with Crippen molar-refractivity contribution in [2.24, 2.45) is 0 Å². The Hall–Kier alpha value is -0.713. The third kappa shape index (κ3) is 4.98. The summed E-state index contributed by atoms with van der Waals surface area (Å²) in [7, 11) is -2.07. The molecular weight excluding hydrogens is 235 g/mol. The van der Waals surface area contributed by atoms with Gasteiger partial charge in [0.05, 0.1) is 0 Å². The minimum atomic E-state index is -2.07. The molecule has 2 nitrogen and oxygen atoms in total. The second kappa shape index (κ2) is 6.89. The van der Waals surface area contributed by atoms with Crippen molar-refractivity contribution in [2.75, 3.05) is 13.2 Å². The van der Waals surface area contributed by atoms with Crippen LogP contribution in [0.4, 0.5) is 4.39 Å². The Morgan fingerprint density at radius 1 is 1.18 bits per heavy atom. The molecular formula is C13H21FO2Si. The highest BCUT2D eigenvalue weighted by molar-refractivity contribution is 6.66. The van der Waals surface area contributed by atoms with E-state index in [4.69, 9.17) is 8.85 Å². The van der Waals surface area contributed by atoms with E-state index in [9.17, 15) is 4.39 Å². The van der Waals surface area contributed by atoms with Crippen molar-refractivity contribution in [3.63, 3.8) is 0 Å². The van der Waals surface area contributed by atoms with Crippen molar-refractivity contribution in [3.8, 4) is 0 Å². The molecule has 0 unspecified atom stereocenters. The van der Waals surface area contributed by atoms with Gasteiger partial charge in [-0.15, -0.1) is 0 Å². The van der Waals surface area contributed by atoms with E-state index in [-0.39, 0.29) is 5.82 Å². The number of aryl methyl sites for hydroxylation is 1. The summed E-state index contributed by atoms with van der Waals surface area (Å²) in [5.41, 5.74) is 1.00. The van der Waals surface area contributed by atoms with Crippen LogP contribution in [-0.2, 0) is 15.3 Å². The zero-order valence-corrected chi connectivity index (χ0v) is 11.8. The maximum Gasteiger partial charge on any atom is 0.335 e. The van der Waals surface area contributed by atoms with Crippen molar-refractivity contribution in [3.05, 3.63) is 35.6 Å². The molecule has 0 heterocycles. The molecule has 0 fully saturated rings. The fourth-order valence-corrected chi connectivity index (χ4v) is 4.20. The molecule has 0 radical (unpaired) electrons. The van der Waals surface area contributed by atoms with Gasteiger partial charge in [0.15, 0.2) is 0 Å². The van der Waals surface area contributed by atoms with Crippen LogP contribution in [0, 0.1) is 5.82 Å². The maximum absolute atomic E-state index is 13.0. The summed E-state index contributed by atoms with van der Waals surface area (Å²) in [6.07, 6.45) is 0.806. The first-order chi connectivity index (χ1) is 8.09. The molecule has 0 aliphatic carbocycles. The Morgan fingerprint density at radius 3 is 2.35 bits per heavy atom. The minimum absolute atomic E-state index is 0.182. The van der Waals surface area contributed by atoms with E-state index in [0.29, 0.717) is 13.2 Å². The Morgan fingerprint density at radius 2 is 1.82 bits per heavy atom. The summed E-state index contributed by atoms with van der Waals surface area (Å²) < 4.78 is 24.5. The van der Waals surface area contributed by atoms with E-state index in [0.717, 1.165) is 18.0 Å². The van der Waals surface area contributed by atoms with Gasteiger partial charge in [-0.25, -0.2) is 4.39 Å². The molecule has 4 heteroatoms. The molecule has 0 aromatic heterocycles. The fraction of sp³-hybridized carbons (Fsp3) is 0.538. The van der Waals surface area contributed by atoms with Gasteiger partial charge in [-0.3, -0.25) is 0 Å². The summed E-state index contributed by atoms with van der Waals surface area (Å²) >= 11 is 0. The summed E-state index contributed by atoms with van der Waals surface area (Å²) in [6.45, 7) is 7.37. The van der Waals surface area contributed by atoms with E-state index in [1.807, 2.05) is 19.9 Å². The van der Waals surface area contributed by atoms with Crippen LogP contribution < -0.4 is 0 Å². The quantitative estimate of drug-likeness (QED) is 0.695. The van der Waals surface area contributed by atoms with Crippen molar-refractivity contribution < 1.29 is 13.2 Å². The van der Waals surface area contributed by atoms with E-state index < -0.39 is 8.56 Å². The van der Waals surface area contributed by atoms with Crippen molar-refractivity contribution in [1.82, 2.24) is 0 Å². The van der Waals surface area contributed by atoms with Gasteiger partial charge >= 0.3 is 8.56 Å². The summed E-state index contributed by atoms with van der Waals surface area (Å²) in [5, 5.41) is 0. The second-order valence-electron chi connectivity index (χ2n) is 4.13. The van der Waals surface area contributed by atoms with Gasteiger partial charge in [-0.2, -0.15) is 0 Å². The Kier molecular flexibility index (Phi) is 5.81. The lowest BCUT2D eigenvalue weighted by atomic mass is 10.2. The first kappa shape index (κ1) is 14.3. The Labute approximate surface area is 104 Å². The molecule has 96 valence electrons. The average Bonchev–Trinajstić information content (AvgIpc) is 2.27. The molecule has 0 saturated heterocycles. The van der Waals surface area contributed by atoms with Crippen LogP contribution in [0.2, 0.25) is 12.6 Å². The van der Waals surface area contributed by atoms with Gasteiger partial charge < -0.3 is 8.85 Å². The number of hydrogen-bond donors (Lipinski definition) is 0. The molecule has 1 aromatic rings. The first-order valence-corrected chi connectivity index (χ1v) is 8.64. The number of rotatable bonds is 7. The Bertz CT molecular complexity index is 338. The summed E-state index contributed by atoms with van der Waals surface area (Å²) in [5.74, 6) is -0.182. The molecule has 0 amide bonds. The standard InChI is InChI=1S/C13H21FO2Si/c1-4-15-17(3,16-5-2)10-9-12-7-6-8-13(14)11-12/h6-8,11H,4-5,9-10H2,1-3H3. The van der Waals surface area contributed by atoms with Crippen molar-refractivity contribution in [2.45, 2.75) is 32.9 Å². The van der Waals surface area contributed by atoms with Crippen molar-refractivity contribution >= 4 is 8.56 Å². The predicted octanol–water partition coefficient (Wildman–Crippen LogP) is 3.51. The lowest BCUT2D eigenvalue weighted by molar-refractivity contribution is 0.189. The third-order valence-corrected chi connectivity index (χ3v) is 5.61. The lowest BCUT2D eigenvalue weighted by Gasteiger charge is -2.25. The van der Waals surface area contributed by atoms with Gasteiger partial charge in [0.1, 0.15) is 5.82 Å². The molecule has 0 bridgehead atoms. The smallest absolute Gasteiger partial charge is 0.335 e. The number of benzene rings is 1. The molecule has 1 aromatic carbocycles. The largest absolute Gasteiger partial charge is 0.395 e. The summed E-state index contributed by atoms with van der Waals surface area (Å²) in [6, 6.07) is 7.58. The van der Waals surface area contributed by atoms with Crippen LogP contribution in [0.1, 0.15) is 19.4 Å². The van der Waals surface area contributed by atoms with Gasteiger partial charge in [0.25, 0.3) is 0 Å². The van der Waals surface area contributed by atoms with Gasteiger partial charge in [0.2, 0.25) is 0 Å². The highest BCUT2D eigenvalue weighted by atomic mass is 28.4. The van der Waals surface area contributed by atoms with Crippen LogP contribution in [0.5, 0.6) is 0 Å². The third-order valence-electron chi connectivity index (χ3n) is 2.66. The minimum Gasteiger partial charge on any atom is -0.395 e. The van der Waals surface area contributed by atoms with Crippen LogP contribution >= 0.6 is 0 Å². The zero-order valence-electron chi connectivity index (χ0n) is 10.8. The van der Waals surface area contributed by atoms with Gasteiger partial charge in [0, 0.05) is 13.2 Å². The molecule has 0 atom stereocenters. The van der Waals surface area contributed by atoms with Crippen LogP contribution in [0.25, 0.3) is 0 Å². The molecule has 0 N–H and O–H groups in total. The molecule has 1 rings (SSSR count). The second-order valence-corrected chi connectivity index (χ2v) is 7.47. The SMILES string of the molecule is CCO[Si](C)(CCc1cccc(F)c1)OCC. The normalized spacial score (nSPS) is 11.8. The monoisotopic (exact) mass is 256 g/mol. The number of halogens is 1. The van der Waals surface area contributed by atoms with Crippen molar-refractivity contribution in [1.29, 1.82) is 0 Å². The summed E-state index contributed by atoms with van der Waals surface area (Å²) in [4.78, 5) is 0. The molecule has 0 aliphatic rings. The van der Waals surface area contributed by atoms with Gasteiger partial charge in [-0.05, 0) is 50.6 Å². The molecule has 0 saturated carbocycles. The average molecular weight is 256 g/mol. The van der Waals surface area contributed by atoms with Crippen LogP contribution in [0.3, 0.4) is 0 Å². The molecule has 0 aliphatic heterocycles. The Balaban J connectivity index is 2.57. The fourth-order valence-electron chi connectivity index (χ4n) is 1.86. The zero-order chi connectivity index (χ0) is 12.7. The number of hydrogen-bond acceptors (Lipinski definition) is 2. The lowest BCUT2D eigenvalue weighted by Crippen LogP contribution is -2.39.